The maximum absolute atomic E-state index is 12.7. The van der Waals surface area contributed by atoms with Gasteiger partial charge >= 0.3 is 0 Å². The van der Waals surface area contributed by atoms with Crippen molar-refractivity contribution in [3.63, 3.8) is 0 Å². The van der Waals surface area contributed by atoms with Crippen LogP contribution in [0.25, 0.3) is 11.0 Å². The van der Waals surface area contributed by atoms with Crippen LogP contribution in [0.5, 0.6) is 5.75 Å². The summed E-state index contributed by atoms with van der Waals surface area (Å²) in [6, 6.07) is 17.0. The molecule has 4 rings (SSSR count). The summed E-state index contributed by atoms with van der Waals surface area (Å²) in [5.74, 6) is 0.776. The highest BCUT2D eigenvalue weighted by molar-refractivity contribution is 7.15. The van der Waals surface area contributed by atoms with Gasteiger partial charge in [-0.3, -0.25) is 9.59 Å². The van der Waals surface area contributed by atoms with Crippen LogP contribution in [0.15, 0.2) is 64.2 Å². The van der Waals surface area contributed by atoms with E-state index >= 15 is 0 Å². The van der Waals surface area contributed by atoms with Crippen molar-refractivity contribution in [1.29, 1.82) is 0 Å². The van der Waals surface area contributed by atoms with Gasteiger partial charge in [0.25, 0.3) is 11.1 Å². The molecule has 0 N–H and O–H groups in total. The van der Waals surface area contributed by atoms with Gasteiger partial charge in [0.2, 0.25) is 4.96 Å². The standard InChI is InChI=1S/C21H17N3O3S/c1-2-27-16-10-8-15(9-11-16)13-18-20(26)24-21(28-18)22-19(25)17(23-24)12-14-6-4-3-5-7-14/h3-11,13H,2,12H2,1H3/b18-13-. The van der Waals surface area contributed by atoms with Crippen LogP contribution in [0.3, 0.4) is 0 Å². The SMILES string of the molecule is CCOc1ccc(/C=c2\sc3nc(=O)c(Cc4ccccc4)nn3c2=O)cc1. The van der Waals surface area contributed by atoms with Crippen LogP contribution in [0.4, 0.5) is 0 Å². The average Bonchev–Trinajstić information content (AvgIpc) is 2.99. The number of thiazole rings is 1. The van der Waals surface area contributed by atoms with Crippen molar-refractivity contribution in [2.75, 3.05) is 6.61 Å². The van der Waals surface area contributed by atoms with Gasteiger partial charge in [-0.2, -0.15) is 14.6 Å². The molecular weight excluding hydrogens is 374 g/mol. The normalized spacial score (nSPS) is 11.8. The summed E-state index contributed by atoms with van der Waals surface area (Å²) in [6.45, 7) is 2.52. The zero-order valence-electron chi connectivity index (χ0n) is 15.2. The van der Waals surface area contributed by atoms with E-state index in [9.17, 15) is 9.59 Å². The second-order valence-electron chi connectivity index (χ2n) is 6.14. The van der Waals surface area contributed by atoms with Gasteiger partial charge in [0.05, 0.1) is 11.1 Å². The van der Waals surface area contributed by atoms with Gasteiger partial charge in [-0.05, 0) is 36.3 Å². The van der Waals surface area contributed by atoms with Crippen LogP contribution < -0.4 is 20.4 Å². The van der Waals surface area contributed by atoms with E-state index in [-0.39, 0.29) is 11.3 Å². The molecule has 0 saturated heterocycles. The third-order valence-electron chi connectivity index (χ3n) is 4.15. The van der Waals surface area contributed by atoms with Gasteiger partial charge in [-0.25, -0.2) is 0 Å². The van der Waals surface area contributed by atoms with Crippen molar-refractivity contribution in [1.82, 2.24) is 14.6 Å². The molecule has 0 bridgehead atoms. The Bertz CT molecular complexity index is 1280. The fraction of sp³-hybridized carbons (Fsp3) is 0.143. The molecule has 2 heterocycles. The zero-order chi connectivity index (χ0) is 19.5. The van der Waals surface area contributed by atoms with E-state index < -0.39 is 5.56 Å². The Kier molecular flexibility index (Phi) is 4.99. The fourth-order valence-corrected chi connectivity index (χ4v) is 3.72. The molecule has 0 aliphatic heterocycles. The number of fused-ring (bicyclic) bond motifs is 1. The topological polar surface area (TPSA) is 73.6 Å². The van der Waals surface area contributed by atoms with E-state index in [0.717, 1.165) is 28.2 Å². The lowest BCUT2D eigenvalue weighted by molar-refractivity contribution is 0.340. The molecule has 0 aliphatic carbocycles. The lowest BCUT2D eigenvalue weighted by Crippen LogP contribution is -2.28. The maximum atomic E-state index is 12.7. The number of rotatable bonds is 5. The van der Waals surface area contributed by atoms with Gasteiger partial charge in [0, 0.05) is 6.42 Å². The number of benzene rings is 2. The number of ether oxygens (including phenoxy) is 1. The Morgan fingerprint density at radius 1 is 1.07 bits per heavy atom. The van der Waals surface area contributed by atoms with Crippen molar-refractivity contribution >= 4 is 22.4 Å². The van der Waals surface area contributed by atoms with Crippen LogP contribution in [0.1, 0.15) is 23.7 Å². The molecule has 140 valence electrons. The molecule has 0 amide bonds. The van der Waals surface area contributed by atoms with Crippen molar-refractivity contribution < 1.29 is 4.74 Å². The second kappa shape index (κ2) is 7.74. The van der Waals surface area contributed by atoms with E-state index in [1.165, 1.54) is 4.52 Å². The molecule has 0 spiro atoms. The summed E-state index contributed by atoms with van der Waals surface area (Å²) in [4.78, 5) is 29.4. The third kappa shape index (κ3) is 3.70. The summed E-state index contributed by atoms with van der Waals surface area (Å²) >= 11 is 1.15. The molecule has 28 heavy (non-hydrogen) atoms. The molecule has 0 aliphatic rings. The monoisotopic (exact) mass is 391 g/mol. The highest BCUT2D eigenvalue weighted by Gasteiger charge is 2.11. The van der Waals surface area contributed by atoms with Crippen LogP contribution in [0, 0.1) is 0 Å². The molecule has 6 nitrogen and oxygen atoms in total. The fourth-order valence-electron chi connectivity index (χ4n) is 2.82. The van der Waals surface area contributed by atoms with Crippen molar-refractivity contribution in [2.24, 2.45) is 0 Å². The number of hydrogen-bond donors (Lipinski definition) is 0. The molecule has 0 radical (unpaired) electrons. The van der Waals surface area contributed by atoms with Crippen LogP contribution >= 0.6 is 11.3 Å². The molecule has 0 saturated carbocycles. The molecule has 2 aromatic carbocycles. The molecule has 4 aromatic rings. The van der Waals surface area contributed by atoms with Crippen LogP contribution in [-0.2, 0) is 6.42 Å². The Balaban J connectivity index is 1.74. The predicted octanol–water partition coefficient (Wildman–Crippen LogP) is 2.05. The number of aromatic nitrogens is 3. The molecular formula is C21H17N3O3S. The first-order chi connectivity index (χ1) is 13.6. The Labute approximate surface area is 164 Å². The Morgan fingerprint density at radius 2 is 1.82 bits per heavy atom. The summed E-state index contributed by atoms with van der Waals surface area (Å²) in [7, 11) is 0. The highest BCUT2D eigenvalue weighted by atomic mass is 32.1. The number of nitrogens with zero attached hydrogens (tertiary/aromatic N) is 3. The lowest BCUT2D eigenvalue weighted by Gasteiger charge is -2.01. The van der Waals surface area contributed by atoms with E-state index in [2.05, 4.69) is 10.1 Å². The molecule has 0 fully saturated rings. The highest BCUT2D eigenvalue weighted by Crippen LogP contribution is 2.12. The molecule has 0 atom stereocenters. The van der Waals surface area contributed by atoms with Gasteiger partial charge in [-0.15, -0.1) is 0 Å². The van der Waals surface area contributed by atoms with E-state index in [0.29, 0.717) is 22.5 Å². The second-order valence-corrected chi connectivity index (χ2v) is 7.15. The Hall–Kier alpha value is -3.32. The van der Waals surface area contributed by atoms with Crippen molar-refractivity contribution in [3.05, 3.63) is 96.7 Å². The summed E-state index contributed by atoms with van der Waals surface area (Å²) < 4.78 is 7.11. The van der Waals surface area contributed by atoms with E-state index in [1.54, 1.807) is 6.08 Å². The maximum Gasteiger partial charge on any atom is 0.296 e. The van der Waals surface area contributed by atoms with Crippen LogP contribution in [0.2, 0.25) is 0 Å². The first-order valence-electron chi connectivity index (χ1n) is 8.85. The van der Waals surface area contributed by atoms with Crippen molar-refractivity contribution in [3.8, 4) is 5.75 Å². The number of hydrogen-bond acceptors (Lipinski definition) is 6. The third-order valence-corrected chi connectivity index (χ3v) is 5.11. The summed E-state index contributed by atoms with van der Waals surface area (Å²) in [6.07, 6.45) is 2.10. The van der Waals surface area contributed by atoms with Gasteiger partial charge in [0.1, 0.15) is 11.4 Å². The van der Waals surface area contributed by atoms with Crippen molar-refractivity contribution in [2.45, 2.75) is 13.3 Å². The van der Waals surface area contributed by atoms with E-state index in [4.69, 9.17) is 4.74 Å². The zero-order valence-corrected chi connectivity index (χ0v) is 16.0. The predicted molar refractivity (Wildman–Crippen MR) is 109 cm³/mol. The van der Waals surface area contributed by atoms with E-state index in [1.807, 2.05) is 61.5 Å². The molecule has 0 unspecified atom stereocenters. The van der Waals surface area contributed by atoms with Gasteiger partial charge in [0.15, 0.2) is 0 Å². The summed E-state index contributed by atoms with van der Waals surface area (Å²) in [5, 5.41) is 4.27. The van der Waals surface area contributed by atoms with Gasteiger partial charge in [-0.1, -0.05) is 53.8 Å². The minimum Gasteiger partial charge on any atom is -0.494 e. The smallest absolute Gasteiger partial charge is 0.296 e. The first-order valence-corrected chi connectivity index (χ1v) is 9.67. The minimum atomic E-state index is -0.405. The largest absolute Gasteiger partial charge is 0.494 e. The first kappa shape index (κ1) is 18.1. The molecule has 2 aromatic heterocycles. The summed E-state index contributed by atoms with van der Waals surface area (Å²) in [5.41, 5.74) is 1.37. The average molecular weight is 391 g/mol. The Morgan fingerprint density at radius 3 is 2.54 bits per heavy atom. The lowest BCUT2D eigenvalue weighted by atomic mass is 10.1. The quantitative estimate of drug-likeness (QED) is 0.521. The van der Waals surface area contributed by atoms with Gasteiger partial charge < -0.3 is 4.74 Å². The minimum absolute atomic E-state index is 0.256. The van der Waals surface area contributed by atoms with Crippen LogP contribution in [-0.4, -0.2) is 21.2 Å². The molecule has 7 heteroatoms.